The van der Waals surface area contributed by atoms with E-state index in [1.54, 1.807) is 95.3 Å². The Morgan fingerprint density at radius 1 is 0.431 bits per heavy atom. The van der Waals surface area contributed by atoms with Crippen LogP contribution in [0.5, 0.6) is 0 Å². The molecule has 10 aromatic rings. The number of carbonyl (C=O) groups is 11. The summed E-state index contributed by atoms with van der Waals surface area (Å²) in [7, 11) is 0. The third-order valence-corrected chi connectivity index (χ3v) is 25.3. The van der Waals surface area contributed by atoms with Crippen LogP contribution in [0.15, 0.2) is 243 Å². The third kappa shape index (κ3) is 38.2. The minimum absolute atomic E-state index is 0. The molecule has 2 aliphatic carbocycles. The molecule has 4 aromatic heterocycles. The van der Waals surface area contributed by atoms with E-state index < -0.39 is 41.5 Å². The van der Waals surface area contributed by atoms with Gasteiger partial charge in [-0.1, -0.05) is 111 Å². The number of aromatic nitrogens is 4. The van der Waals surface area contributed by atoms with Crippen molar-refractivity contribution in [3.63, 3.8) is 0 Å². The summed E-state index contributed by atoms with van der Waals surface area (Å²) in [5.74, 6) is -1.68. The number of amides is 8. The number of aliphatic carboxylic acids is 1. The monoisotopic (exact) mass is 1990 g/mol. The Morgan fingerprint density at radius 2 is 0.729 bits per heavy atom. The summed E-state index contributed by atoms with van der Waals surface area (Å²) in [6, 6.07) is 62.7. The molecule has 8 atom stereocenters. The molecule has 0 unspecified atom stereocenters. The number of aldehydes is 1. The Hall–Kier alpha value is -12.6. The molecule has 4 aliphatic heterocycles. The molecular formula is C111H132BClF2N14NaO14. The molecule has 28 nitrogen and oxygen atoms in total. The van der Waals surface area contributed by atoms with Gasteiger partial charge >= 0.3 is 41.0 Å². The van der Waals surface area contributed by atoms with Gasteiger partial charge in [-0.15, -0.1) is 0 Å². The average Bonchev–Trinajstić information content (AvgIpc) is 1.58. The minimum atomic E-state index is -0.990. The summed E-state index contributed by atoms with van der Waals surface area (Å²) in [4.78, 5) is 159. The molecule has 4 saturated heterocycles. The number of piperidine rings is 4. The zero-order valence-corrected chi connectivity index (χ0v) is 85.1. The number of nitrogens with two attached hydrogens (primary N) is 1. The molecule has 8 heterocycles. The Bertz CT molecular complexity index is 5640. The van der Waals surface area contributed by atoms with Gasteiger partial charge < -0.3 is 73.1 Å². The number of aliphatic hydroxyl groups is 1. The number of rotatable bonds is 34. The largest absolute Gasteiger partial charge is 1.00 e. The normalized spacial score (nSPS) is 16.7. The van der Waals surface area contributed by atoms with E-state index >= 15 is 0 Å². The van der Waals surface area contributed by atoms with Crippen LogP contribution in [0.4, 0.5) is 13.6 Å². The van der Waals surface area contributed by atoms with Crippen molar-refractivity contribution in [2.24, 2.45) is 11.7 Å². The van der Waals surface area contributed by atoms with Crippen LogP contribution < -0.4 is 61.9 Å². The Labute approximate surface area is 872 Å². The van der Waals surface area contributed by atoms with Crippen molar-refractivity contribution in [1.29, 1.82) is 0 Å². The number of hydrogen-bond acceptors (Lipinski definition) is 19. The minimum Gasteiger partial charge on any atom is -1.00 e. The fourth-order valence-electron chi connectivity index (χ4n) is 17.1. The van der Waals surface area contributed by atoms with E-state index in [0.29, 0.717) is 111 Å². The Morgan fingerprint density at radius 3 is 0.993 bits per heavy atom. The second-order valence-electron chi connectivity index (χ2n) is 36.5. The second kappa shape index (κ2) is 61.5. The topological polar surface area (TPSA) is 388 Å². The molecule has 33 heteroatoms. The molecule has 144 heavy (non-hydrogen) atoms. The predicted octanol–water partition coefficient (Wildman–Crippen LogP) is 13.5. The van der Waals surface area contributed by atoms with Crippen LogP contribution in [0.2, 0.25) is 0 Å². The molecule has 755 valence electrons. The number of carboxylic acids is 1. The smallest absolute Gasteiger partial charge is 1.00 e. The van der Waals surface area contributed by atoms with E-state index in [2.05, 4.69) is 51.3 Å². The van der Waals surface area contributed by atoms with Crippen molar-refractivity contribution in [1.82, 2.24) is 66.1 Å². The first kappa shape index (κ1) is 115. The van der Waals surface area contributed by atoms with E-state index in [4.69, 9.17) is 27.5 Å². The van der Waals surface area contributed by atoms with Gasteiger partial charge in [0.2, 0.25) is 23.6 Å². The van der Waals surface area contributed by atoms with Crippen molar-refractivity contribution in [3.8, 4) is 45.0 Å². The standard InChI is InChI=1S/C31H35FN4O2.C22H25N3O4.C22H27N3O3.C22H25N3O3.C9H10FN.C5H9ClO2.B.Na.H/c32-25-15-13-22(14-16-25)26-21-29(26)34-18-6-8-28(31(38)36-19-4-1-5-20-36)35-30(37)24-11-9-23(10-12-24)27-7-2-3-17-33-27;26-20(27)12-11-19(22(29)25-14-4-1-5-15-25)24-21(28)17-9-7-16(8-10-17)18-6-2-3-13-23-18;2*26-16-6-8-20(22(28)25-14-4-1-5-15-25)24-21(27)18-11-9-17(10-12-18)19-7-2-3-13-23-19;10-7-3-1-6(2-4-7)8-5-9(8)11;1-4(2)3-8-5(6)7;;;/h2-3,7,9-17,26,28-29,34H,1,4-6,8,18-21H2,(H,35,37);2-3,6-10,13,19H,1,4-5,11-12,14-15H2,(H,24,28)(H,26,27);2-3,7,9-13,20,26H,1,4-6,8,14-16H2,(H,24,27);2-3,7,9-13,16,20H,1,4-6,8,14-15H2,(H,24,27);1-4,8-9H,5,11H2;4H,3H2,1-2H3;;;/q;;;;;;;+1;-1/t26-,28-,29+;19-;2*20-;8-,9+;;;;/m00000..../s1. The zero-order valence-electron chi connectivity index (χ0n) is 83.4. The maximum Gasteiger partial charge on any atom is 1.00 e. The fraction of sp³-hybridized carbons (Fsp3) is 0.396. The molecule has 8 amide bonds. The van der Waals surface area contributed by atoms with Gasteiger partial charge in [0, 0.05) is 185 Å². The SMILES string of the molecule is CC(C)COC(=O)Cl.N[C@@H]1C[C@H]1c1ccc(F)cc1.O=C(N[C@@H](CCCN[C@@H]1C[C@H]1c1ccc(F)cc1)C(=O)N1CCCCC1)c1ccc(-c2ccccn2)cc1.O=C(N[C@@H](CCCO)C(=O)N1CCCCC1)c1ccc(-c2ccccn2)cc1.O=C(O)CC[C@H](NC(=O)c1ccc(-c2ccccn2)cc1)C(=O)N1CCCCC1.O=CCC[C@H](NC(=O)c1ccc(-c2ccccn2)cc1)C(=O)N1CCCCC1.[B].[H-].[Na+]. The van der Waals surface area contributed by atoms with Gasteiger partial charge in [0.05, 0.1) is 29.4 Å². The molecule has 6 fully saturated rings. The fourth-order valence-corrected chi connectivity index (χ4v) is 17.1. The molecule has 0 bridgehead atoms. The number of carboxylic acid groups (broad SMARTS) is 1. The van der Waals surface area contributed by atoms with Crippen LogP contribution in [-0.4, -0.2) is 231 Å². The number of hydrogen-bond donors (Lipinski definition) is 8. The van der Waals surface area contributed by atoms with Gasteiger partial charge in [0.1, 0.15) is 42.1 Å². The number of pyridine rings is 4. The molecular weight excluding hydrogens is 1860 g/mol. The Balaban J connectivity index is 0.000000222. The zero-order chi connectivity index (χ0) is 101. The number of nitrogens with zero attached hydrogens (tertiary/aromatic N) is 8. The number of halogens is 3. The number of benzene rings is 6. The first-order valence-corrected chi connectivity index (χ1v) is 49.8. The number of nitrogens with one attached hydrogen (secondary N) is 5. The maximum atomic E-state index is 13.4. The van der Waals surface area contributed by atoms with E-state index in [9.17, 15) is 61.5 Å². The first-order valence-electron chi connectivity index (χ1n) is 49.4. The Kier molecular flexibility index (Phi) is 49.1. The van der Waals surface area contributed by atoms with Crippen molar-refractivity contribution >= 4 is 85.0 Å². The number of ether oxygens (including phenoxy) is 1. The number of likely N-dealkylation sites (tertiary alicyclic amines) is 4. The van der Waals surface area contributed by atoms with Gasteiger partial charge in [-0.25, -0.2) is 13.6 Å². The molecule has 0 spiro atoms. The molecule has 16 rings (SSSR count). The van der Waals surface area contributed by atoms with Crippen LogP contribution in [0.1, 0.15) is 221 Å². The van der Waals surface area contributed by atoms with Crippen LogP contribution in [-0.2, 0) is 33.5 Å². The van der Waals surface area contributed by atoms with Gasteiger partial charge in [0.15, 0.2) is 0 Å². The van der Waals surface area contributed by atoms with Crippen molar-refractivity contribution in [3.05, 3.63) is 288 Å². The van der Waals surface area contributed by atoms with E-state index in [0.717, 1.165) is 186 Å². The van der Waals surface area contributed by atoms with E-state index in [1.165, 1.54) is 29.8 Å². The second-order valence-corrected chi connectivity index (χ2v) is 36.8. The predicted molar refractivity (Wildman–Crippen MR) is 549 cm³/mol. The maximum absolute atomic E-state index is 13.4. The van der Waals surface area contributed by atoms with Gasteiger partial charge in [-0.2, -0.15) is 0 Å². The quantitative estimate of drug-likeness (QED) is 0.00803. The van der Waals surface area contributed by atoms with E-state index in [1.807, 2.05) is 157 Å². The van der Waals surface area contributed by atoms with Crippen molar-refractivity contribution < 1.29 is 107 Å². The molecule has 3 radical (unpaired) electrons. The number of carbonyl (C=O) groups excluding carboxylic acids is 10. The van der Waals surface area contributed by atoms with Crippen LogP contribution >= 0.6 is 11.6 Å². The first-order chi connectivity index (χ1) is 68.9. The summed E-state index contributed by atoms with van der Waals surface area (Å²) in [5.41, 5.74) is 16.2. The summed E-state index contributed by atoms with van der Waals surface area (Å²) in [5, 5.41) is 33.2. The van der Waals surface area contributed by atoms with Crippen LogP contribution in [0.3, 0.4) is 0 Å². The van der Waals surface area contributed by atoms with E-state index in [-0.39, 0.29) is 118 Å². The van der Waals surface area contributed by atoms with Crippen molar-refractivity contribution in [2.75, 3.05) is 72.1 Å². The summed E-state index contributed by atoms with van der Waals surface area (Å²) < 4.78 is 30.1. The third-order valence-electron chi connectivity index (χ3n) is 25.2. The molecule has 6 aromatic carbocycles. The molecule has 2 saturated carbocycles. The van der Waals surface area contributed by atoms with Crippen molar-refractivity contribution in [2.45, 2.75) is 203 Å². The van der Waals surface area contributed by atoms with Crippen LogP contribution in [0.25, 0.3) is 45.0 Å². The molecule has 6 aliphatic rings. The van der Waals surface area contributed by atoms with Crippen LogP contribution in [0, 0.1) is 17.6 Å². The van der Waals surface area contributed by atoms with Gasteiger partial charge in [0.25, 0.3) is 23.6 Å². The summed E-state index contributed by atoms with van der Waals surface area (Å²) in [6.07, 6.45) is 24.8. The summed E-state index contributed by atoms with van der Waals surface area (Å²) >= 11 is 4.86. The van der Waals surface area contributed by atoms with Gasteiger partial charge in [-0.3, -0.25) is 63.1 Å². The summed E-state index contributed by atoms with van der Waals surface area (Å²) in [6.45, 7) is 10.8. The number of aliphatic hydroxyl groups excluding tert-OH is 1. The average molecular weight is 1990 g/mol. The van der Waals surface area contributed by atoms with Gasteiger partial charge in [-0.05, 0) is 273 Å². The molecule has 9 N–H and O–H groups in total.